The number of rotatable bonds is 4. The van der Waals surface area contributed by atoms with E-state index in [0.29, 0.717) is 5.56 Å². The molecule has 1 aromatic heterocycles. The van der Waals surface area contributed by atoms with Crippen molar-refractivity contribution in [1.82, 2.24) is 9.97 Å². The second kappa shape index (κ2) is 5.92. The third kappa shape index (κ3) is 3.38. The van der Waals surface area contributed by atoms with Crippen LogP contribution in [0, 0.1) is 11.3 Å². The molecular weight excluding hydrogens is 316 g/mol. The van der Waals surface area contributed by atoms with Crippen LogP contribution >= 0.6 is 11.6 Å². The van der Waals surface area contributed by atoms with Gasteiger partial charge in [-0.1, -0.05) is 11.6 Å². The van der Waals surface area contributed by atoms with Crippen LogP contribution in [-0.2, 0) is 10.0 Å². The van der Waals surface area contributed by atoms with Crippen LogP contribution in [0.4, 0.5) is 11.6 Å². The number of nitrogens with zero attached hydrogens (tertiary/aromatic N) is 3. The molecule has 8 nitrogen and oxygen atoms in total. The number of nitrogens with one attached hydrogen (secondary N) is 2. The van der Waals surface area contributed by atoms with Crippen LogP contribution < -0.4 is 16.0 Å². The summed E-state index contributed by atoms with van der Waals surface area (Å²) >= 11 is 5.91. The molecule has 108 valence electrons. The van der Waals surface area contributed by atoms with E-state index >= 15 is 0 Å². The second-order valence-corrected chi connectivity index (χ2v) is 5.89. The highest BCUT2D eigenvalue weighted by molar-refractivity contribution is 7.92. The topological polar surface area (TPSA) is 134 Å². The van der Waals surface area contributed by atoms with E-state index in [1.807, 2.05) is 6.07 Å². The maximum atomic E-state index is 12.1. The van der Waals surface area contributed by atoms with Crippen molar-refractivity contribution in [1.29, 1.82) is 5.26 Å². The van der Waals surface area contributed by atoms with Gasteiger partial charge in [0.25, 0.3) is 10.0 Å². The summed E-state index contributed by atoms with van der Waals surface area (Å²) in [4.78, 5) is 7.27. The zero-order valence-electron chi connectivity index (χ0n) is 10.4. The molecule has 0 saturated carbocycles. The molecule has 0 fully saturated rings. The molecule has 2 aromatic rings. The van der Waals surface area contributed by atoms with Crippen molar-refractivity contribution in [3.05, 3.63) is 41.2 Å². The Balaban J connectivity index is 2.30. The molecule has 1 aromatic carbocycles. The number of nitriles is 1. The first kappa shape index (κ1) is 15.0. The Labute approximate surface area is 125 Å². The maximum Gasteiger partial charge on any atom is 0.265 e. The number of hydrogen-bond donors (Lipinski definition) is 3. The first-order valence-electron chi connectivity index (χ1n) is 5.47. The van der Waals surface area contributed by atoms with Gasteiger partial charge in [-0.25, -0.2) is 24.2 Å². The van der Waals surface area contributed by atoms with Gasteiger partial charge in [0, 0.05) is 0 Å². The fourth-order valence-electron chi connectivity index (χ4n) is 1.40. The lowest BCUT2D eigenvalue weighted by molar-refractivity contribution is 0.600. The number of nitrogen functional groups attached to an aromatic ring is 1. The van der Waals surface area contributed by atoms with Gasteiger partial charge in [0.05, 0.1) is 34.7 Å². The molecule has 0 unspecified atom stereocenters. The van der Waals surface area contributed by atoms with Gasteiger partial charge < -0.3 is 0 Å². The van der Waals surface area contributed by atoms with E-state index < -0.39 is 10.0 Å². The molecule has 0 aliphatic carbocycles. The number of nitrogens with two attached hydrogens (primary N) is 1. The third-order valence-electron chi connectivity index (χ3n) is 2.41. The van der Waals surface area contributed by atoms with Gasteiger partial charge in [-0.05, 0) is 18.2 Å². The highest BCUT2D eigenvalue weighted by Gasteiger charge is 2.17. The molecule has 0 radical (unpaired) electrons. The molecule has 0 amide bonds. The van der Waals surface area contributed by atoms with Gasteiger partial charge in [0.2, 0.25) is 5.95 Å². The van der Waals surface area contributed by atoms with Crippen LogP contribution in [0.2, 0.25) is 5.02 Å². The summed E-state index contributed by atoms with van der Waals surface area (Å²) < 4.78 is 26.6. The summed E-state index contributed by atoms with van der Waals surface area (Å²) in [6, 6.07) is 6.10. The van der Waals surface area contributed by atoms with E-state index in [0.717, 1.165) is 12.4 Å². The largest absolute Gasteiger partial charge is 0.292 e. The first-order valence-corrected chi connectivity index (χ1v) is 7.33. The zero-order chi connectivity index (χ0) is 15.5. The standard InChI is InChI=1S/C11H9ClN6O2S/c12-9-3-7(4-13)1-2-10(9)18-21(19,20)8-5-15-11(17-14)16-6-8/h1-3,5-6,18H,14H2,(H,15,16,17). The summed E-state index contributed by atoms with van der Waals surface area (Å²) in [5.74, 6) is 5.18. The van der Waals surface area contributed by atoms with E-state index in [2.05, 4.69) is 20.1 Å². The van der Waals surface area contributed by atoms with Crippen LogP contribution in [0.15, 0.2) is 35.5 Å². The van der Waals surface area contributed by atoms with Crippen molar-refractivity contribution < 1.29 is 8.42 Å². The maximum absolute atomic E-state index is 12.1. The lowest BCUT2D eigenvalue weighted by Crippen LogP contribution is -2.15. The Hall–Kier alpha value is -2.41. The van der Waals surface area contributed by atoms with Crippen molar-refractivity contribution >= 4 is 33.3 Å². The molecule has 0 aliphatic rings. The van der Waals surface area contributed by atoms with Crippen LogP contribution in [0.25, 0.3) is 0 Å². The predicted molar refractivity (Wildman–Crippen MR) is 76.8 cm³/mol. The quantitative estimate of drug-likeness (QED) is 0.566. The van der Waals surface area contributed by atoms with Crippen molar-refractivity contribution in [3.63, 3.8) is 0 Å². The molecule has 0 saturated heterocycles. The highest BCUT2D eigenvalue weighted by Crippen LogP contribution is 2.25. The van der Waals surface area contributed by atoms with E-state index in [1.165, 1.54) is 18.2 Å². The molecule has 0 spiro atoms. The summed E-state index contributed by atoms with van der Waals surface area (Å²) in [6.45, 7) is 0. The van der Waals surface area contributed by atoms with Crippen LogP contribution in [0.3, 0.4) is 0 Å². The summed E-state index contributed by atoms with van der Waals surface area (Å²) in [5.41, 5.74) is 2.66. The molecular formula is C11H9ClN6O2S. The minimum atomic E-state index is -3.89. The van der Waals surface area contributed by atoms with Gasteiger partial charge in [-0.15, -0.1) is 0 Å². The fraction of sp³-hybridized carbons (Fsp3) is 0. The van der Waals surface area contributed by atoms with Crippen LogP contribution in [-0.4, -0.2) is 18.4 Å². The van der Waals surface area contributed by atoms with Gasteiger partial charge in [0.15, 0.2) is 0 Å². The Morgan fingerprint density at radius 1 is 1.29 bits per heavy atom. The monoisotopic (exact) mass is 324 g/mol. The SMILES string of the molecule is N#Cc1ccc(NS(=O)(=O)c2cnc(NN)nc2)c(Cl)c1. The van der Waals surface area contributed by atoms with Crippen molar-refractivity contribution in [3.8, 4) is 6.07 Å². The van der Waals surface area contributed by atoms with Crippen LogP contribution in [0.5, 0.6) is 0 Å². The predicted octanol–water partition coefficient (Wildman–Crippen LogP) is 1.09. The Kier molecular flexibility index (Phi) is 4.23. The molecule has 1 heterocycles. The Morgan fingerprint density at radius 2 is 1.95 bits per heavy atom. The average molecular weight is 325 g/mol. The Morgan fingerprint density at radius 3 is 2.48 bits per heavy atom. The lowest BCUT2D eigenvalue weighted by atomic mass is 10.2. The number of aromatic nitrogens is 2. The minimum Gasteiger partial charge on any atom is -0.292 e. The normalized spacial score (nSPS) is 10.7. The third-order valence-corrected chi connectivity index (χ3v) is 4.04. The fourth-order valence-corrected chi connectivity index (χ4v) is 2.65. The number of benzene rings is 1. The van der Waals surface area contributed by atoms with E-state index in [9.17, 15) is 8.42 Å². The minimum absolute atomic E-state index is 0.0883. The van der Waals surface area contributed by atoms with E-state index in [4.69, 9.17) is 22.7 Å². The average Bonchev–Trinajstić information content (AvgIpc) is 2.49. The van der Waals surface area contributed by atoms with Gasteiger partial charge in [-0.2, -0.15) is 5.26 Å². The van der Waals surface area contributed by atoms with Gasteiger partial charge in [-0.3, -0.25) is 10.1 Å². The van der Waals surface area contributed by atoms with Crippen molar-refractivity contribution in [2.45, 2.75) is 4.90 Å². The number of halogens is 1. The number of hydrazine groups is 1. The van der Waals surface area contributed by atoms with E-state index in [-0.39, 0.29) is 21.6 Å². The number of sulfonamides is 1. The summed E-state index contributed by atoms with van der Waals surface area (Å²) in [5, 5.41) is 8.84. The number of anilines is 2. The van der Waals surface area contributed by atoms with Crippen molar-refractivity contribution in [2.24, 2.45) is 5.84 Å². The number of hydrogen-bond acceptors (Lipinski definition) is 7. The molecule has 2 rings (SSSR count). The summed E-state index contributed by atoms with van der Waals surface area (Å²) in [7, 11) is -3.89. The Bertz CT molecular complexity index is 800. The zero-order valence-corrected chi connectivity index (χ0v) is 12.0. The van der Waals surface area contributed by atoms with Crippen LogP contribution in [0.1, 0.15) is 5.56 Å². The molecule has 0 atom stereocenters. The van der Waals surface area contributed by atoms with E-state index in [1.54, 1.807) is 0 Å². The smallest absolute Gasteiger partial charge is 0.265 e. The molecule has 21 heavy (non-hydrogen) atoms. The van der Waals surface area contributed by atoms with Crippen molar-refractivity contribution in [2.75, 3.05) is 10.1 Å². The molecule has 10 heteroatoms. The van der Waals surface area contributed by atoms with Gasteiger partial charge >= 0.3 is 0 Å². The second-order valence-electron chi connectivity index (χ2n) is 3.80. The highest BCUT2D eigenvalue weighted by atomic mass is 35.5. The molecule has 0 bridgehead atoms. The molecule has 0 aliphatic heterocycles. The summed E-state index contributed by atoms with van der Waals surface area (Å²) in [6.07, 6.45) is 2.20. The lowest BCUT2D eigenvalue weighted by Gasteiger charge is -2.09. The first-order chi connectivity index (χ1) is 9.96. The molecule has 4 N–H and O–H groups in total. The van der Waals surface area contributed by atoms with Gasteiger partial charge in [0.1, 0.15) is 4.90 Å².